The lowest BCUT2D eigenvalue weighted by molar-refractivity contribution is -0.671. The van der Waals surface area contributed by atoms with E-state index in [1.165, 1.54) is 0 Å². The molecule has 1 saturated carbocycles. The quantitative estimate of drug-likeness (QED) is 0.388. The van der Waals surface area contributed by atoms with Gasteiger partial charge >= 0.3 is 0 Å². The summed E-state index contributed by atoms with van der Waals surface area (Å²) in [5.74, 6) is -1.32. The minimum absolute atomic E-state index is 0.261. The highest BCUT2D eigenvalue weighted by molar-refractivity contribution is 7.88. The van der Waals surface area contributed by atoms with Crippen molar-refractivity contribution >= 4 is 45.0 Å². The predicted molar refractivity (Wildman–Crippen MR) is 158 cm³/mol. The van der Waals surface area contributed by atoms with Gasteiger partial charge in [0.25, 0.3) is 5.91 Å². The number of halogens is 2. The lowest BCUT2D eigenvalue weighted by Gasteiger charge is -2.49. The van der Waals surface area contributed by atoms with Crippen LogP contribution in [0.3, 0.4) is 0 Å². The Morgan fingerprint density at radius 1 is 1.02 bits per heavy atom. The molecule has 2 N–H and O–H groups in total. The summed E-state index contributed by atoms with van der Waals surface area (Å²) in [6, 6.07) is 14.3. The van der Waals surface area contributed by atoms with Crippen molar-refractivity contribution in [2.75, 3.05) is 6.26 Å². The zero-order valence-corrected chi connectivity index (χ0v) is 25.2. The molecule has 2 heterocycles. The summed E-state index contributed by atoms with van der Waals surface area (Å²) in [5.41, 5.74) is 2.53. The van der Waals surface area contributed by atoms with Crippen LogP contribution in [0.2, 0.25) is 10.0 Å². The van der Waals surface area contributed by atoms with Crippen molar-refractivity contribution < 1.29 is 22.6 Å². The average molecular weight is 617 g/mol. The van der Waals surface area contributed by atoms with Crippen molar-refractivity contribution in [3.63, 3.8) is 0 Å². The van der Waals surface area contributed by atoms with Gasteiger partial charge in [0.2, 0.25) is 15.9 Å². The summed E-state index contributed by atoms with van der Waals surface area (Å²) in [5, 5.41) is 3.84. The van der Waals surface area contributed by atoms with Crippen molar-refractivity contribution in [1.29, 1.82) is 0 Å². The van der Waals surface area contributed by atoms with E-state index in [-0.39, 0.29) is 11.8 Å². The lowest BCUT2D eigenvalue weighted by atomic mass is 9.76. The molecule has 0 unspecified atom stereocenters. The Kier molecular flexibility index (Phi) is 8.70. The molecule has 2 aromatic carbocycles. The molecular weight excluding hydrogens is 583 g/mol. The number of nitrogens with one attached hydrogen (secondary N) is 2. The first kappa shape index (κ1) is 29.5. The number of benzene rings is 2. The third kappa shape index (κ3) is 6.43. The van der Waals surface area contributed by atoms with Gasteiger partial charge in [0.05, 0.1) is 18.2 Å². The zero-order chi connectivity index (χ0) is 29.3. The van der Waals surface area contributed by atoms with E-state index in [1.54, 1.807) is 41.3 Å². The van der Waals surface area contributed by atoms with E-state index in [1.807, 2.05) is 42.2 Å². The highest BCUT2D eigenvalue weighted by Crippen LogP contribution is 2.47. The number of carbonyl (C=O) groups excluding carboxylic acids is 2. The first-order chi connectivity index (χ1) is 19.5. The number of fused-ring (bicyclic) bond motifs is 1. The molecule has 0 saturated heterocycles. The van der Waals surface area contributed by atoms with Crippen LogP contribution >= 0.6 is 23.2 Å². The Labute approximate surface area is 250 Å². The molecule has 1 aliphatic heterocycles. The van der Waals surface area contributed by atoms with Gasteiger partial charge in [0.15, 0.2) is 12.4 Å². The number of pyridine rings is 1. The molecular formula is C30H33Cl2N4O4S+. The number of amides is 2. The van der Waals surface area contributed by atoms with E-state index < -0.39 is 34.1 Å². The number of hydrogen-bond acceptors (Lipinski definition) is 4. The molecule has 216 valence electrons. The SMILES string of the molecule is C[n+]1ccc(CNC(=O)[C@@H]2c3ccccc3C(=O)N([C@H]3CCCC[C@@H]3NS(C)(=O)=O)[C@H]2c2ccc(Cl)cc2Cl)cc1. The van der Waals surface area contributed by atoms with Gasteiger partial charge in [-0.25, -0.2) is 17.7 Å². The molecule has 3 aromatic rings. The minimum atomic E-state index is -3.55. The molecule has 11 heteroatoms. The predicted octanol–water partition coefficient (Wildman–Crippen LogP) is 4.28. The lowest BCUT2D eigenvalue weighted by Crippen LogP contribution is -2.59. The largest absolute Gasteiger partial charge is 0.351 e. The molecule has 0 bridgehead atoms. The van der Waals surface area contributed by atoms with E-state index in [4.69, 9.17) is 23.2 Å². The summed E-state index contributed by atoms with van der Waals surface area (Å²) in [7, 11) is -1.63. The standard InChI is InChI=1S/C30H32Cl2N4O4S/c1-35-15-13-19(14-16-35)18-33-29(37)27-21-7-3-4-8-22(21)30(38)36(28(27)23-12-11-20(31)17-24(23)32)26-10-6-5-9-25(26)34-41(2,39)40/h3-4,7-8,11-17,25-28,34H,5-6,9-10,18H2,1-2H3/p+1/t25-,26-,27+,28-/m0/s1. The van der Waals surface area contributed by atoms with E-state index >= 15 is 0 Å². The molecule has 4 atom stereocenters. The van der Waals surface area contributed by atoms with Crippen molar-refractivity contribution in [2.24, 2.45) is 7.05 Å². The second-order valence-electron chi connectivity index (χ2n) is 10.8. The third-order valence-electron chi connectivity index (χ3n) is 7.91. The monoisotopic (exact) mass is 615 g/mol. The molecule has 2 aliphatic rings. The van der Waals surface area contributed by atoms with Crippen LogP contribution in [-0.2, 0) is 28.4 Å². The topological polar surface area (TPSA) is 99.5 Å². The van der Waals surface area contributed by atoms with Gasteiger partial charge in [-0.05, 0) is 47.7 Å². The van der Waals surface area contributed by atoms with Crippen LogP contribution < -0.4 is 14.6 Å². The van der Waals surface area contributed by atoms with Gasteiger partial charge in [0, 0.05) is 46.4 Å². The fourth-order valence-corrected chi connectivity index (χ4v) is 7.42. The van der Waals surface area contributed by atoms with E-state index in [0.29, 0.717) is 46.1 Å². The number of carbonyl (C=O) groups is 2. The van der Waals surface area contributed by atoms with Crippen molar-refractivity contribution in [3.8, 4) is 0 Å². The number of sulfonamides is 1. The number of aryl methyl sites for hydroxylation is 1. The van der Waals surface area contributed by atoms with Crippen LogP contribution in [0.25, 0.3) is 0 Å². The Hall–Kier alpha value is -2.98. The second kappa shape index (κ2) is 12.1. The highest BCUT2D eigenvalue weighted by Gasteiger charge is 2.49. The Morgan fingerprint density at radius 2 is 1.73 bits per heavy atom. The summed E-state index contributed by atoms with van der Waals surface area (Å²) in [6.07, 6.45) is 7.75. The number of aromatic nitrogens is 1. The van der Waals surface area contributed by atoms with E-state index in [2.05, 4.69) is 10.0 Å². The fourth-order valence-electron chi connectivity index (χ4n) is 6.08. The van der Waals surface area contributed by atoms with Gasteiger partial charge in [-0.1, -0.05) is 60.3 Å². The average Bonchev–Trinajstić information content (AvgIpc) is 2.92. The van der Waals surface area contributed by atoms with Crippen LogP contribution in [0.5, 0.6) is 0 Å². The molecule has 5 rings (SSSR count). The van der Waals surface area contributed by atoms with Crippen LogP contribution in [0.4, 0.5) is 0 Å². The maximum absolute atomic E-state index is 14.3. The van der Waals surface area contributed by atoms with E-state index in [0.717, 1.165) is 24.7 Å². The molecule has 0 radical (unpaired) electrons. The maximum Gasteiger partial charge on any atom is 0.255 e. The molecule has 41 heavy (non-hydrogen) atoms. The highest BCUT2D eigenvalue weighted by atomic mass is 35.5. The van der Waals surface area contributed by atoms with Crippen molar-refractivity contribution in [1.82, 2.24) is 14.9 Å². The van der Waals surface area contributed by atoms with Crippen molar-refractivity contribution in [2.45, 2.75) is 56.3 Å². The van der Waals surface area contributed by atoms with Gasteiger partial charge < -0.3 is 10.2 Å². The van der Waals surface area contributed by atoms with E-state index in [9.17, 15) is 18.0 Å². The summed E-state index contributed by atoms with van der Waals surface area (Å²) in [4.78, 5) is 30.2. The Balaban J connectivity index is 1.64. The van der Waals surface area contributed by atoms with Gasteiger partial charge in [0.1, 0.15) is 7.05 Å². The molecule has 1 aromatic heterocycles. The first-order valence-electron chi connectivity index (χ1n) is 13.6. The number of nitrogens with zero attached hydrogens (tertiary/aromatic N) is 2. The normalized spacial score (nSPS) is 22.7. The second-order valence-corrected chi connectivity index (χ2v) is 13.4. The maximum atomic E-state index is 14.3. The van der Waals surface area contributed by atoms with Crippen LogP contribution in [0, 0.1) is 0 Å². The third-order valence-corrected chi connectivity index (χ3v) is 9.20. The fraction of sp³-hybridized carbons (Fsp3) is 0.367. The molecule has 0 spiro atoms. The number of hydrogen-bond donors (Lipinski definition) is 2. The van der Waals surface area contributed by atoms with Gasteiger partial charge in [-0.15, -0.1) is 0 Å². The molecule has 1 fully saturated rings. The summed E-state index contributed by atoms with van der Waals surface area (Å²) in [6.45, 7) is 0.301. The first-order valence-corrected chi connectivity index (χ1v) is 16.2. The van der Waals surface area contributed by atoms with Crippen LogP contribution in [0.15, 0.2) is 67.0 Å². The van der Waals surface area contributed by atoms with Crippen LogP contribution in [-0.4, -0.2) is 43.5 Å². The number of rotatable bonds is 7. The smallest absolute Gasteiger partial charge is 0.255 e. The van der Waals surface area contributed by atoms with Gasteiger partial charge in [-0.2, -0.15) is 0 Å². The van der Waals surface area contributed by atoms with Gasteiger partial charge in [-0.3, -0.25) is 9.59 Å². The van der Waals surface area contributed by atoms with Crippen molar-refractivity contribution in [3.05, 3.63) is 99.3 Å². The zero-order valence-electron chi connectivity index (χ0n) is 22.9. The molecule has 2 amide bonds. The Morgan fingerprint density at radius 3 is 2.44 bits per heavy atom. The minimum Gasteiger partial charge on any atom is -0.351 e. The molecule has 1 aliphatic carbocycles. The Bertz CT molecular complexity index is 1560. The molecule has 8 nitrogen and oxygen atoms in total. The summed E-state index contributed by atoms with van der Waals surface area (Å²) < 4.78 is 29.4. The summed E-state index contributed by atoms with van der Waals surface area (Å²) >= 11 is 13.0. The van der Waals surface area contributed by atoms with Crippen LogP contribution in [0.1, 0.15) is 64.7 Å².